The maximum Gasteiger partial charge on any atom is 0.207 e. The molecule has 2 heterocycles. The molecule has 1 aliphatic carbocycles. The quantitative estimate of drug-likeness (QED) is 0.0988. The van der Waals surface area contributed by atoms with Gasteiger partial charge in [-0.05, 0) is 121 Å². The van der Waals surface area contributed by atoms with E-state index in [1.165, 1.54) is 39.2 Å². The van der Waals surface area contributed by atoms with Gasteiger partial charge in [-0.3, -0.25) is 9.59 Å². The lowest BCUT2D eigenvalue weighted by atomic mass is 10.0. The van der Waals surface area contributed by atoms with E-state index in [1.54, 1.807) is 11.8 Å². The molecule has 5 rings (SSSR count). The number of allylic oxidation sites excluding steroid dienone is 1. The summed E-state index contributed by atoms with van der Waals surface area (Å²) in [6, 6.07) is 14.6. The minimum absolute atomic E-state index is 0.528. The van der Waals surface area contributed by atoms with Gasteiger partial charge in [0.15, 0.2) is 6.29 Å². The molecular formula is C34H44Cl2N4O3S. The molecule has 1 aromatic heterocycles. The van der Waals surface area contributed by atoms with E-state index in [4.69, 9.17) is 33.7 Å². The third-order valence-corrected chi connectivity index (χ3v) is 8.89. The molecule has 2 fully saturated rings. The number of hydrogen-bond acceptors (Lipinski definition) is 6. The summed E-state index contributed by atoms with van der Waals surface area (Å²) in [6.45, 7) is 9.02. The first-order valence-electron chi connectivity index (χ1n) is 14.6. The fourth-order valence-electron chi connectivity index (χ4n) is 4.35. The Hall–Kier alpha value is -3.04. The van der Waals surface area contributed by atoms with Crippen LogP contribution in [-0.4, -0.2) is 54.5 Å². The molecule has 1 atom stereocenters. The molecule has 0 bridgehead atoms. The first-order chi connectivity index (χ1) is 21.0. The van der Waals surface area contributed by atoms with Crippen LogP contribution in [0.2, 0.25) is 10.0 Å². The Labute approximate surface area is 276 Å². The monoisotopic (exact) mass is 658 g/mol. The van der Waals surface area contributed by atoms with Gasteiger partial charge < -0.3 is 25.7 Å². The Morgan fingerprint density at radius 3 is 2.18 bits per heavy atom. The zero-order valence-electron chi connectivity index (χ0n) is 26.2. The van der Waals surface area contributed by atoms with Gasteiger partial charge in [-0.2, -0.15) is 0 Å². The third-order valence-electron chi connectivity index (χ3n) is 7.16. The lowest BCUT2D eigenvalue weighted by molar-refractivity contribution is -0.109. The molecule has 1 saturated heterocycles. The van der Waals surface area contributed by atoms with Crippen LogP contribution in [0.15, 0.2) is 47.4 Å². The number of thioether (sulfide) groups is 1. The van der Waals surface area contributed by atoms with Gasteiger partial charge in [0.2, 0.25) is 6.41 Å². The Balaban J connectivity index is 0.000000341. The number of nitrogens with zero attached hydrogens (tertiary/aromatic N) is 1. The molecule has 1 saturated carbocycles. The third kappa shape index (κ3) is 12.5. The zero-order chi connectivity index (χ0) is 32.6. The summed E-state index contributed by atoms with van der Waals surface area (Å²) in [6.07, 6.45) is 9.34. The van der Waals surface area contributed by atoms with E-state index >= 15 is 0 Å². The van der Waals surface area contributed by atoms with E-state index < -0.39 is 0 Å². The molecule has 1 unspecified atom stereocenters. The number of rotatable bonds is 8. The van der Waals surface area contributed by atoms with Gasteiger partial charge in [-0.15, -0.1) is 11.8 Å². The normalized spacial score (nSPS) is 15.9. The highest BCUT2D eigenvalue weighted by Crippen LogP contribution is 2.34. The molecule has 0 spiro atoms. The van der Waals surface area contributed by atoms with Crippen molar-refractivity contribution in [3.63, 3.8) is 0 Å². The predicted octanol–water partition coefficient (Wildman–Crippen LogP) is 7.75. The highest BCUT2D eigenvalue weighted by Gasteiger charge is 2.19. The van der Waals surface area contributed by atoms with Crippen molar-refractivity contribution in [1.29, 1.82) is 0 Å². The number of aromatic amines is 1. The van der Waals surface area contributed by atoms with Crippen LogP contribution in [-0.2, 0) is 20.1 Å². The van der Waals surface area contributed by atoms with Crippen molar-refractivity contribution in [2.45, 2.75) is 76.1 Å². The minimum Gasteiger partial charge on any atom is -0.398 e. The second-order valence-electron chi connectivity index (χ2n) is 10.8. The average Bonchev–Trinajstić information content (AvgIpc) is 3.64. The number of aldehydes is 2. The highest BCUT2D eigenvalue weighted by atomic mass is 35.5. The topological polar surface area (TPSA) is 108 Å². The van der Waals surface area contributed by atoms with E-state index in [0.717, 1.165) is 52.4 Å². The smallest absolute Gasteiger partial charge is 0.207 e. The molecule has 238 valence electrons. The molecule has 3 aromatic rings. The second-order valence-corrected chi connectivity index (χ2v) is 12.6. The molecule has 4 N–H and O–H groups in total. The van der Waals surface area contributed by atoms with Gasteiger partial charge >= 0.3 is 0 Å². The lowest BCUT2D eigenvalue weighted by Gasteiger charge is -2.12. The number of nitrogens with two attached hydrogens (primary N) is 1. The SMILES string of the molecule is CC1CCCN1C.CC=O.Cc1cc(C)c(/C=C(\C=O)c2cc(SCc3c(Cl)cccc3Cl)ccc2N)[nH]1.O=CNC1CC1. The second kappa shape index (κ2) is 19.4. The standard InChI is InChI=1S/C22H20Cl2N2OS.C6H13N.C4H7NO.C2H4O/c1-13-8-14(2)26-22(13)9-15(11-27)17-10-16(6-7-21(17)25)28-12-18-19(23)4-3-5-20(18)24;1-6-4-3-5-7(6)2;6-3-5-4-1-2-4;1-2-3/h3-11,26H,12,25H2,1-2H3;6H,3-5H2,1-2H3;3-4H,1-2H2,(H,5,6);2H,1H3/b15-9+;;;. The number of nitrogen functional groups attached to an aromatic ring is 1. The fourth-order valence-corrected chi connectivity index (χ4v) is 6.03. The number of carbonyl (C=O) groups excluding carboxylic acids is 3. The van der Waals surface area contributed by atoms with E-state index in [9.17, 15) is 9.59 Å². The van der Waals surface area contributed by atoms with E-state index in [2.05, 4.69) is 29.2 Å². The number of likely N-dealkylation sites (tertiary alicyclic amines) is 1. The van der Waals surface area contributed by atoms with Crippen molar-refractivity contribution >= 4 is 71.3 Å². The Kier molecular flexibility index (Phi) is 16.4. The average molecular weight is 660 g/mol. The van der Waals surface area contributed by atoms with Crippen LogP contribution >= 0.6 is 35.0 Å². The summed E-state index contributed by atoms with van der Waals surface area (Å²) >= 11 is 14.1. The van der Waals surface area contributed by atoms with Crippen molar-refractivity contribution in [1.82, 2.24) is 15.2 Å². The molecule has 7 nitrogen and oxygen atoms in total. The maximum absolute atomic E-state index is 11.8. The van der Waals surface area contributed by atoms with Crippen molar-refractivity contribution < 1.29 is 14.4 Å². The number of aromatic nitrogens is 1. The highest BCUT2D eigenvalue weighted by molar-refractivity contribution is 7.98. The number of H-pyrrole nitrogens is 1. The van der Waals surface area contributed by atoms with Gasteiger partial charge in [0.25, 0.3) is 0 Å². The molecule has 10 heteroatoms. The molecule has 1 aliphatic heterocycles. The number of aryl methyl sites for hydroxylation is 2. The van der Waals surface area contributed by atoms with E-state index in [1.807, 2.05) is 62.4 Å². The van der Waals surface area contributed by atoms with Crippen molar-refractivity contribution in [2.24, 2.45) is 0 Å². The fraction of sp³-hybridized carbons (Fsp3) is 0.382. The van der Waals surface area contributed by atoms with Crippen LogP contribution in [0.3, 0.4) is 0 Å². The van der Waals surface area contributed by atoms with Gasteiger partial charge in [-0.25, -0.2) is 0 Å². The summed E-state index contributed by atoms with van der Waals surface area (Å²) < 4.78 is 0. The van der Waals surface area contributed by atoms with Gasteiger partial charge in [0.05, 0.1) is 0 Å². The van der Waals surface area contributed by atoms with Crippen LogP contribution in [0.1, 0.15) is 67.6 Å². The summed E-state index contributed by atoms with van der Waals surface area (Å²) in [5.41, 5.74) is 11.9. The maximum atomic E-state index is 11.8. The summed E-state index contributed by atoms with van der Waals surface area (Å²) in [7, 11) is 2.19. The van der Waals surface area contributed by atoms with E-state index in [-0.39, 0.29) is 0 Å². The van der Waals surface area contributed by atoms with Crippen LogP contribution in [0, 0.1) is 13.8 Å². The number of halogens is 2. The molecule has 44 heavy (non-hydrogen) atoms. The molecule has 2 aromatic carbocycles. The minimum atomic E-state index is 0.528. The summed E-state index contributed by atoms with van der Waals surface area (Å²) in [5.74, 6) is 0.622. The number of hydrogen-bond donors (Lipinski definition) is 3. The first-order valence-corrected chi connectivity index (χ1v) is 16.4. The van der Waals surface area contributed by atoms with Crippen LogP contribution in [0.4, 0.5) is 5.69 Å². The number of anilines is 1. The Morgan fingerprint density at radius 1 is 1.09 bits per heavy atom. The van der Waals surface area contributed by atoms with Gasteiger partial charge in [0, 0.05) is 61.0 Å². The number of nitrogens with one attached hydrogen (secondary N) is 2. The van der Waals surface area contributed by atoms with Crippen LogP contribution < -0.4 is 11.1 Å². The molecule has 2 aliphatic rings. The summed E-state index contributed by atoms with van der Waals surface area (Å²) in [4.78, 5) is 36.8. The number of amides is 1. The molecular weight excluding hydrogens is 615 g/mol. The Morgan fingerprint density at radius 2 is 1.75 bits per heavy atom. The first kappa shape index (κ1) is 37.1. The van der Waals surface area contributed by atoms with Crippen LogP contribution in [0.5, 0.6) is 0 Å². The number of benzene rings is 2. The van der Waals surface area contributed by atoms with E-state index in [0.29, 0.717) is 38.7 Å². The summed E-state index contributed by atoms with van der Waals surface area (Å²) in [5, 5.41) is 3.92. The number of carbonyl (C=O) groups is 3. The lowest BCUT2D eigenvalue weighted by Crippen LogP contribution is -2.20. The molecule has 0 radical (unpaired) electrons. The van der Waals surface area contributed by atoms with Crippen molar-refractivity contribution in [2.75, 3.05) is 19.3 Å². The predicted molar refractivity (Wildman–Crippen MR) is 186 cm³/mol. The zero-order valence-corrected chi connectivity index (χ0v) is 28.5. The largest absolute Gasteiger partial charge is 0.398 e. The van der Waals surface area contributed by atoms with Crippen molar-refractivity contribution in [3.8, 4) is 0 Å². The van der Waals surface area contributed by atoms with Gasteiger partial charge in [0.1, 0.15) is 6.29 Å². The van der Waals surface area contributed by atoms with Crippen LogP contribution in [0.25, 0.3) is 11.6 Å². The molecule has 1 amide bonds. The Bertz CT molecular complexity index is 1380. The van der Waals surface area contributed by atoms with Gasteiger partial charge in [-0.1, -0.05) is 29.3 Å². The van der Waals surface area contributed by atoms with Crippen molar-refractivity contribution in [3.05, 3.63) is 80.6 Å².